The molecule has 1 amide bonds. The number of esters is 1. The maximum atomic E-state index is 12.0. The zero-order valence-corrected chi connectivity index (χ0v) is 15.8. The van der Waals surface area contributed by atoms with Crippen molar-refractivity contribution in [1.82, 2.24) is 0 Å². The van der Waals surface area contributed by atoms with Crippen molar-refractivity contribution in [2.75, 3.05) is 11.9 Å². The number of rotatable bonds is 10. The fourth-order valence-electron chi connectivity index (χ4n) is 2.68. The van der Waals surface area contributed by atoms with Crippen molar-refractivity contribution in [2.45, 2.75) is 32.1 Å². The van der Waals surface area contributed by atoms with Crippen LogP contribution in [0.5, 0.6) is 0 Å². The molecule has 28 heavy (non-hydrogen) atoms. The number of nitriles is 1. The fourth-order valence-corrected chi connectivity index (χ4v) is 2.68. The number of anilines is 1. The second kappa shape index (κ2) is 11.3. The number of hydrogen-bond acceptors (Lipinski definition) is 4. The second-order valence-corrected chi connectivity index (χ2v) is 6.35. The van der Waals surface area contributed by atoms with E-state index in [4.69, 9.17) is 10.00 Å². The minimum atomic E-state index is -0.399. The average molecular weight is 376 g/mol. The Morgan fingerprint density at radius 3 is 2.18 bits per heavy atom. The number of carbonyl (C=O) groups excluding carboxylic acids is 2. The van der Waals surface area contributed by atoms with Crippen LogP contribution in [0.4, 0.5) is 5.69 Å². The smallest absolute Gasteiger partial charge is 0.330 e. The van der Waals surface area contributed by atoms with Crippen LogP contribution in [0.1, 0.15) is 37.7 Å². The van der Waals surface area contributed by atoms with E-state index in [0.29, 0.717) is 18.6 Å². The van der Waals surface area contributed by atoms with Gasteiger partial charge in [-0.3, -0.25) is 4.79 Å². The first-order valence-electron chi connectivity index (χ1n) is 9.32. The van der Waals surface area contributed by atoms with E-state index in [-0.39, 0.29) is 5.91 Å². The van der Waals surface area contributed by atoms with Gasteiger partial charge in [-0.1, -0.05) is 43.7 Å². The Labute approximate surface area is 165 Å². The lowest BCUT2D eigenvalue weighted by Crippen LogP contribution is -2.11. The molecule has 0 aliphatic rings. The molecule has 0 heterocycles. The highest BCUT2D eigenvalue weighted by Gasteiger charge is 2.04. The van der Waals surface area contributed by atoms with Gasteiger partial charge in [-0.15, -0.1) is 0 Å². The van der Waals surface area contributed by atoms with Crippen LogP contribution in [0.2, 0.25) is 0 Å². The van der Waals surface area contributed by atoms with Gasteiger partial charge in [0.25, 0.3) is 0 Å². The summed E-state index contributed by atoms with van der Waals surface area (Å²) < 4.78 is 4.90. The number of nitrogens with zero attached hydrogens (tertiary/aromatic N) is 1. The van der Waals surface area contributed by atoms with Crippen molar-refractivity contribution in [3.05, 3.63) is 66.7 Å². The Hall–Kier alpha value is -3.39. The van der Waals surface area contributed by atoms with E-state index in [2.05, 4.69) is 18.0 Å². The number of ether oxygens (including phenoxy) is 1. The predicted octanol–water partition coefficient (Wildman–Crippen LogP) is 4.84. The van der Waals surface area contributed by atoms with Crippen LogP contribution in [0.15, 0.2) is 61.2 Å². The lowest BCUT2D eigenvalue weighted by atomic mass is 10.0. The molecule has 0 saturated carbocycles. The molecule has 0 aliphatic carbocycles. The summed E-state index contributed by atoms with van der Waals surface area (Å²) >= 11 is 0. The molecule has 0 radical (unpaired) electrons. The summed E-state index contributed by atoms with van der Waals surface area (Å²) in [6, 6.07) is 17.1. The molecule has 2 rings (SSSR count). The Morgan fingerprint density at radius 2 is 1.57 bits per heavy atom. The Balaban J connectivity index is 1.68. The summed E-state index contributed by atoms with van der Waals surface area (Å²) in [5.41, 5.74) is 3.44. The third-order valence-electron chi connectivity index (χ3n) is 4.23. The minimum absolute atomic E-state index is 0.00999. The number of nitrogens with one attached hydrogen (secondary N) is 1. The molecule has 0 unspecified atom stereocenters. The zero-order chi connectivity index (χ0) is 20.2. The molecule has 0 saturated heterocycles. The highest BCUT2D eigenvalue weighted by Crippen LogP contribution is 2.22. The third-order valence-corrected chi connectivity index (χ3v) is 4.23. The normalized spacial score (nSPS) is 9.96. The first-order chi connectivity index (χ1) is 13.6. The molecule has 0 bridgehead atoms. The van der Waals surface area contributed by atoms with Gasteiger partial charge >= 0.3 is 5.97 Å². The van der Waals surface area contributed by atoms with Crippen molar-refractivity contribution in [3.63, 3.8) is 0 Å². The number of benzene rings is 2. The van der Waals surface area contributed by atoms with Crippen molar-refractivity contribution in [1.29, 1.82) is 5.26 Å². The molecule has 2 aromatic rings. The van der Waals surface area contributed by atoms with Crippen molar-refractivity contribution in [2.24, 2.45) is 0 Å². The first-order valence-corrected chi connectivity index (χ1v) is 9.32. The van der Waals surface area contributed by atoms with Crippen molar-refractivity contribution in [3.8, 4) is 17.2 Å². The number of unbranched alkanes of at least 4 members (excludes halogenated alkanes) is 3. The van der Waals surface area contributed by atoms with E-state index in [1.807, 2.05) is 36.4 Å². The van der Waals surface area contributed by atoms with Crippen LogP contribution >= 0.6 is 0 Å². The van der Waals surface area contributed by atoms with E-state index < -0.39 is 5.97 Å². The van der Waals surface area contributed by atoms with Gasteiger partial charge in [0, 0.05) is 18.2 Å². The zero-order valence-electron chi connectivity index (χ0n) is 15.8. The minimum Gasteiger partial charge on any atom is -0.463 e. The molecular weight excluding hydrogens is 352 g/mol. The monoisotopic (exact) mass is 376 g/mol. The molecule has 0 atom stereocenters. The number of carbonyl (C=O) groups is 2. The summed E-state index contributed by atoms with van der Waals surface area (Å²) in [6.07, 6.45) is 5.03. The average Bonchev–Trinajstić information content (AvgIpc) is 2.73. The predicted molar refractivity (Wildman–Crippen MR) is 109 cm³/mol. The SMILES string of the molecule is C=CC(=O)OCCCCCCC(=O)Nc1ccc(-c2ccc(C#N)cc2)cc1. The topological polar surface area (TPSA) is 79.2 Å². The summed E-state index contributed by atoms with van der Waals surface area (Å²) in [4.78, 5) is 22.9. The van der Waals surface area contributed by atoms with Gasteiger partial charge in [0.2, 0.25) is 5.91 Å². The molecule has 2 aromatic carbocycles. The van der Waals surface area contributed by atoms with Crippen molar-refractivity contribution >= 4 is 17.6 Å². The van der Waals surface area contributed by atoms with Gasteiger partial charge < -0.3 is 10.1 Å². The lowest BCUT2D eigenvalue weighted by molar-refractivity contribution is -0.137. The van der Waals surface area contributed by atoms with Crippen LogP contribution in [0.3, 0.4) is 0 Å². The second-order valence-electron chi connectivity index (χ2n) is 6.35. The van der Waals surface area contributed by atoms with E-state index >= 15 is 0 Å². The van der Waals surface area contributed by atoms with E-state index in [9.17, 15) is 9.59 Å². The first kappa shape index (κ1) is 20.9. The summed E-state index contributed by atoms with van der Waals surface area (Å²) in [5.74, 6) is -0.409. The summed E-state index contributed by atoms with van der Waals surface area (Å²) in [6.45, 7) is 3.73. The Kier molecular flexibility index (Phi) is 8.48. The highest BCUT2D eigenvalue weighted by molar-refractivity contribution is 5.91. The molecule has 0 aromatic heterocycles. The van der Waals surface area contributed by atoms with E-state index in [1.54, 1.807) is 12.1 Å². The van der Waals surface area contributed by atoms with Crippen LogP contribution in [-0.4, -0.2) is 18.5 Å². The van der Waals surface area contributed by atoms with Crippen LogP contribution < -0.4 is 5.32 Å². The molecule has 0 spiro atoms. The third kappa shape index (κ3) is 7.08. The maximum Gasteiger partial charge on any atom is 0.330 e. The number of hydrogen-bond donors (Lipinski definition) is 1. The molecule has 0 aliphatic heterocycles. The molecule has 5 nitrogen and oxygen atoms in total. The lowest BCUT2D eigenvalue weighted by Gasteiger charge is -2.07. The summed E-state index contributed by atoms with van der Waals surface area (Å²) in [7, 11) is 0. The van der Waals surface area contributed by atoms with Gasteiger partial charge in [-0.05, 0) is 48.2 Å². The highest BCUT2D eigenvalue weighted by atomic mass is 16.5. The van der Waals surface area contributed by atoms with E-state index in [0.717, 1.165) is 48.6 Å². The van der Waals surface area contributed by atoms with Gasteiger partial charge in [-0.2, -0.15) is 5.26 Å². The van der Waals surface area contributed by atoms with Crippen LogP contribution in [-0.2, 0) is 14.3 Å². The maximum absolute atomic E-state index is 12.0. The van der Waals surface area contributed by atoms with Gasteiger partial charge in [0.1, 0.15) is 0 Å². The molecular formula is C23H24N2O3. The van der Waals surface area contributed by atoms with Gasteiger partial charge in [-0.25, -0.2) is 4.79 Å². The van der Waals surface area contributed by atoms with Gasteiger partial charge in [0.15, 0.2) is 0 Å². The molecule has 144 valence electrons. The van der Waals surface area contributed by atoms with Crippen LogP contribution in [0, 0.1) is 11.3 Å². The molecule has 1 N–H and O–H groups in total. The molecule has 5 heteroatoms. The standard InChI is InChI=1S/C23H24N2O3/c1-2-23(27)28-16-6-4-3-5-7-22(26)25-21-14-12-20(13-15-21)19-10-8-18(17-24)9-11-19/h2,8-15H,1,3-7,16H2,(H,25,26). The van der Waals surface area contributed by atoms with E-state index in [1.165, 1.54) is 0 Å². The Bertz CT molecular complexity index is 834. The fraction of sp³-hybridized carbons (Fsp3) is 0.261. The largest absolute Gasteiger partial charge is 0.463 e. The van der Waals surface area contributed by atoms with Crippen LogP contribution in [0.25, 0.3) is 11.1 Å². The summed E-state index contributed by atoms with van der Waals surface area (Å²) in [5, 5.41) is 11.8. The quantitative estimate of drug-likeness (QED) is 0.365. The molecule has 0 fully saturated rings. The van der Waals surface area contributed by atoms with Crippen molar-refractivity contribution < 1.29 is 14.3 Å². The number of amides is 1. The Morgan fingerprint density at radius 1 is 0.964 bits per heavy atom. The van der Waals surface area contributed by atoms with Gasteiger partial charge in [0.05, 0.1) is 18.2 Å².